The quantitative estimate of drug-likeness (QED) is 0.408. The first kappa shape index (κ1) is 13.9. The molecule has 0 aliphatic rings. The number of hydrogen-bond acceptors (Lipinski definition) is 1. The number of unbranched alkanes of at least 4 members (excludes halogenated alkanes) is 2. The fourth-order valence-corrected chi connectivity index (χ4v) is 2.00. The Balaban J connectivity index is 2.47. The highest BCUT2D eigenvalue weighted by molar-refractivity contribution is 9.10. The number of alkyl halides is 1. The van der Waals surface area contributed by atoms with Crippen LogP contribution in [0.3, 0.4) is 0 Å². The van der Waals surface area contributed by atoms with Gasteiger partial charge in [0, 0.05) is 9.80 Å². The van der Waals surface area contributed by atoms with Crippen molar-refractivity contribution in [3.05, 3.63) is 28.2 Å². The van der Waals surface area contributed by atoms with E-state index in [0.29, 0.717) is 11.1 Å². The van der Waals surface area contributed by atoms with E-state index >= 15 is 0 Å². The van der Waals surface area contributed by atoms with E-state index in [0.717, 1.165) is 30.7 Å². The number of benzene rings is 1. The van der Waals surface area contributed by atoms with E-state index in [4.69, 9.17) is 4.74 Å². The number of hydrogen-bond donors (Lipinski definition) is 0. The molecular weight excluding hydrogens is 346 g/mol. The van der Waals surface area contributed by atoms with Crippen molar-refractivity contribution in [3.63, 3.8) is 0 Å². The van der Waals surface area contributed by atoms with Crippen LogP contribution in [0.5, 0.6) is 5.75 Å². The molecule has 0 saturated carbocycles. The molecule has 0 bridgehead atoms. The van der Waals surface area contributed by atoms with Gasteiger partial charge in [-0.25, -0.2) is 4.39 Å². The van der Waals surface area contributed by atoms with E-state index in [2.05, 4.69) is 31.9 Å². The van der Waals surface area contributed by atoms with Gasteiger partial charge in [-0.1, -0.05) is 31.9 Å². The highest BCUT2D eigenvalue weighted by atomic mass is 79.9. The van der Waals surface area contributed by atoms with Crippen LogP contribution in [0, 0.1) is 11.6 Å². The summed E-state index contributed by atoms with van der Waals surface area (Å²) in [6.45, 7) is 0.403. The standard InChI is InChI=1S/C11H12Br2F2O/c12-4-2-1-3-5-16-10-7-8(13)6-9(14)11(10)15/h6-7H,1-5H2. The lowest BCUT2D eigenvalue weighted by Gasteiger charge is -2.07. The van der Waals surface area contributed by atoms with Crippen LogP contribution in [0.25, 0.3) is 0 Å². The molecule has 90 valence electrons. The first-order valence-corrected chi connectivity index (χ1v) is 6.90. The molecule has 0 atom stereocenters. The maximum atomic E-state index is 13.2. The van der Waals surface area contributed by atoms with E-state index < -0.39 is 11.6 Å². The molecule has 0 fully saturated rings. The lowest BCUT2D eigenvalue weighted by atomic mass is 10.2. The molecule has 0 aromatic heterocycles. The molecule has 16 heavy (non-hydrogen) atoms. The fourth-order valence-electron chi connectivity index (χ4n) is 1.19. The second kappa shape index (κ2) is 7.22. The van der Waals surface area contributed by atoms with Crippen molar-refractivity contribution in [2.24, 2.45) is 0 Å². The van der Waals surface area contributed by atoms with Gasteiger partial charge < -0.3 is 4.74 Å². The molecule has 1 aromatic rings. The third kappa shape index (κ3) is 4.37. The molecule has 0 saturated heterocycles. The smallest absolute Gasteiger partial charge is 0.200 e. The summed E-state index contributed by atoms with van der Waals surface area (Å²) in [5.41, 5.74) is 0. The summed E-state index contributed by atoms with van der Waals surface area (Å²) >= 11 is 6.41. The average Bonchev–Trinajstić information content (AvgIpc) is 2.24. The van der Waals surface area contributed by atoms with Gasteiger partial charge in [0.05, 0.1) is 6.61 Å². The predicted octanol–water partition coefficient (Wildman–Crippen LogP) is 4.67. The first-order valence-electron chi connectivity index (χ1n) is 4.98. The van der Waals surface area contributed by atoms with Crippen molar-refractivity contribution in [1.82, 2.24) is 0 Å². The molecule has 0 unspecified atom stereocenters. The Labute approximate surface area is 110 Å². The average molecular weight is 358 g/mol. The largest absolute Gasteiger partial charge is 0.490 e. The summed E-state index contributed by atoms with van der Waals surface area (Å²) in [6, 6.07) is 2.51. The van der Waals surface area contributed by atoms with E-state index in [1.165, 1.54) is 6.07 Å². The number of halogens is 4. The van der Waals surface area contributed by atoms with Crippen molar-refractivity contribution < 1.29 is 13.5 Å². The summed E-state index contributed by atoms with van der Waals surface area (Å²) < 4.78 is 31.9. The number of ether oxygens (including phenoxy) is 1. The predicted molar refractivity (Wildman–Crippen MR) is 67.2 cm³/mol. The normalized spacial score (nSPS) is 10.5. The lowest BCUT2D eigenvalue weighted by molar-refractivity contribution is 0.286. The van der Waals surface area contributed by atoms with Gasteiger partial charge in [-0.15, -0.1) is 0 Å². The van der Waals surface area contributed by atoms with E-state index in [1.807, 2.05) is 0 Å². The van der Waals surface area contributed by atoms with Crippen LogP contribution in [-0.4, -0.2) is 11.9 Å². The third-order valence-corrected chi connectivity index (χ3v) is 3.01. The maximum Gasteiger partial charge on any atom is 0.200 e. The molecule has 1 aromatic carbocycles. The summed E-state index contributed by atoms with van der Waals surface area (Å²) in [6.07, 6.45) is 2.89. The third-order valence-electron chi connectivity index (χ3n) is 2.00. The van der Waals surface area contributed by atoms with Crippen molar-refractivity contribution in [3.8, 4) is 5.75 Å². The van der Waals surface area contributed by atoms with Gasteiger partial charge in [-0.3, -0.25) is 0 Å². The SMILES string of the molecule is Fc1cc(Br)cc(OCCCCCBr)c1F. The summed E-state index contributed by atoms with van der Waals surface area (Å²) in [5.74, 6) is -1.86. The van der Waals surface area contributed by atoms with E-state index in [1.54, 1.807) is 0 Å². The van der Waals surface area contributed by atoms with Gasteiger partial charge in [0.1, 0.15) is 0 Å². The molecule has 0 N–H and O–H groups in total. The van der Waals surface area contributed by atoms with Crippen LogP contribution in [0.15, 0.2) is 16.6 Å². The second-order valence-corrected chi connectivity index (χ2v) is 5.01. The highest BCUT2D eigenvalue weighted by Crippen LogP contribution is 2.25. The van der Waals surface area contributed by atoms with E-state index in [9.17, 15) is 8.78 Å². The Bertz CT molecular complexity index is 345. The van der Waals surface area contributed by atoms with Crippen molar-refractivity contribution in [2.45, 2.75) is 19.3 Å². The second-order valence-electron chi connectivity index (χ2n) is 3.30. The van der Waals surface area contributed by atoms with Gasteiger partial charge >= 0.3 is 0 Å². The van der Waals surface area contributed by atoms with Crippen LogP contribution >= 0.6 is 31.9 Å². The monoisotopic (exact) mass is 356 g/mol. The topological polar surface area (TPSA) is 9.23 Å². The Morgan fingerprint density at radius 2 is 1.88 bits per heavy atom. The molecule has 0 aliphatic heterocycles. The maximum absolute atomic E-state index is 13.2. The first-order chi connectivity index (χ1) is 7.65. The molecule has 0 radical (unpaired) electrons. The molecule has 1 rings (SSSR count). The highest BCUT2D eigenvalue weighted by Gasteiger charge is 2.10. The minimum Gasteiger partial charge on any atom is -0.490 e. The van der Waals surface area contributed by atoms with Gasteiger partial charge in [-0.2, -0.15) is 4.39 Å². The van der Waals surface area contributed by atoms with Crippen LogP contribution in [0.4, 0.5) is 8.78 Å². The van der Waals surface area contributed by atoms with Crippen LogP contribution in [0.1, 0.15) is 19.3 Å². The Hall–Kier alpha value is -0.160. The molecule has 0 spiro atoms. The minimum absolute atomic E-state index is 0.0364. The van der Waals surface area contributed by atoms with Crippen LogP contribution < -0.4 is 4.74 Å². The summed E-state index contributed by atoms with van der Waals surface area (Å²) in [7, 11) is 0. The van der Waals surface area contributed by atoms with E-state index in [-0.39, 0.29) is 5.75 Å². The Morgan fingerprint density at radius 1 is 1.12 bits per heavy atom. The zero-order chi connectivity index (χ0) is 12.0. The molecule has 0 heterocycles. The molecular formula is C11H12Br2F2O. The van der Waals surface area contributed by atoms with Gasteiger partial charge in [0.15, 0.2) is 11.6 Å². The molecule has 1 nitrogen and oxygen atoms in total. The van der Waals surface area contributed by atoms with Gasteiger partial charge in [0.2, 0.25) is 5.82 Å². The summed E-state index contributed by atoms with van der Waals surface area (Å²) in [5, 5.41) is 0.951. The van der Waals surface area contributed by atoms with Gasteiger partial charge in [-0.05, 0) is 31.4 Å². The summed E-state index contributed by atoms with van der Waals surface area (Å²) in [4.78, 5) is 0. The fraction of sp³-hybridized carbons (Fsp3) is 0.455. The Morgan fingerprint density at radius 3 is 2.56 bits per heavy atom. The van der Waals surface area contributed by atoms with Crippen molar-refractivity contribution in [1.29, 1.82) is 0 Å². The zero-order valence-corrected chi connectivity index (χ0v) is 11.8. The molecule has 0 aliphatic carbocycles. The molecule has 0 amide bonds. The Kier molecular flexibility index (Phi) is 6.28. The zero-order valence-electron chi connectivity index (χ0n) is 8.61. The minimum atomic E-state index is -0.927. The lowest BCUT2D eigenvalue weighted by Crippen LogP contribution is -2.01. The molecule has 5 heteroatoms. The van der Waals surface area contributed by atoms with Crippen LogP contribution in [0.2, 0.25) is 0 Å². The van der Waals surface area contributed by atoms with Crippen LogP contribution in [-0.2, 0) is 0 Å². The van der Waals surface area contributed by atoms with Crippen molar-refractivity contribution >= 4 is 31.9 Å². The number of rotatable bonds is 6. The van der Waals surface area contributed by atoms with Gasteiger partial charge in [0.25, 0.3) is 0 Å². The van der Waals surface area contributed by atoms with Crippen molar-refractivity contribution in [2.75, 3.05) is 11.9 Å².